The Kier molecular flexibility index (Phi) is 8.19. The first-order valence-electron chi connectivity index (χ1n) is 13.6. The van der Waals surface area contributed by atoms with Gasteiger partial charge in [-0.2, -0.15) is 0 Å². The topological polar surface area (TPSA) is 122 Å². The second-order valence-corrected chi connectivity index (χ2v) is 12.6. The molecule has 4 aromatic rings. The fourth-order valence-electron chi connectivity index (χ4n) is 4.69. The van der Waals surface area contributed by atoms with Gasteiger partial charge in [-0.05, 0) is 51.2 Å². The number of fused-ring (bicyclic) bond motifs is 1. The molecule has 42 heavy (non-hydrogen) atoms. The SMILES string of the molecule is C=CC(=O)Nc1cc(Nc2nccc(-c3cn(S(=O)(=O)C4CC4)c4ccccc34)n2)c(OC)cc1N(C)CCN(C)C. The monoisotopic (exact) mass is 589 g/mol. The van der Waals surface area contributed by atoms with Crippen LogP contribution in [0.1, 0.15) is 12.8 Å². The molecule has 0 saturated heterocycles. The van der Waals surface area contributed by atoms with Crippen molar-refractivity contribution < 1.29 is 17.9 Å². The Balaban J connectivity index is 1.52. The lowest BCUT2D eigenvalue weighted by atomic mass is 10.1. The lowest BCUT2D eigenvalue weighted by Gasteiger charge is -2.26. The largest absolute Gasteiger partial charge is 0.494 e. The van der Waals surface area contributed by atoms with Gasteiger partial charge in [0, 0.05) is 49.5 Å². The maximum absolute atomic E-state index is 13.2. The molecule has 12 heteroatoms. The predicted octanol–water partition coefficient (Wildman–Crippen LogP) is 4.31. The minimum absolute atomic E-state index is 0.280. The summed E-state index contributed by atoms with van der Waals surface area (Å²) in [5.41, 5.74) is 3.74. The summed E-state index contributed by atoms with van der Waals surface area (Å²) >= 11 is 0. The minimum Gasteiger partial charge on any atom is -0.494 e. The molecule has 0 aliphatic heterocycles. The van der Waals surface area contributed by atoms with E-state index < -0.39 is 10.0 Å². The summed E-state index contributed by atoms with van der Waals surface area (Å²) in [6, 6.07) is 12.8. The Hall–Kier alpha value is -4.42. The predicted molar refractivity (Wildman–Crippen MR) is 167 cm³/mol. The van der Waals surface area contributed by atoms with Crippen LogP contribution >= 0.6 is 0 Å². The summed E-state index contributed by atoms with van der Waals surface area (Å²) in [6.45, 7) is 5.10. The van der Waals surface area contributed by atoms with Crippen LogP contribution in [-0.4, -0.2) is 79.8 Å². The first-order valence-corrected chi connectivity index (χ1v) is 15.1. The standard InChI is InChI=1S/C30H35N7O4S/c1-6-29(38)32-24-17-25(28(41-5)18-27(24)36(4)16-15-35(2)3)34-30-31-14-13-23(33-30)22-19-37(42(39,40)20-11-12-20)26-10-8-7-9-21(22)26/h6-10,13-14,17-20H,1,11-12,15-16H2,2-5H3,(H,32,38)(H,31,33,34). The lowest BCUT2D eigenvalue weighted by Crippen LogP contribution is -2.29. The molecule has 1 amide bonds. The second kappa shape index (κ2) is 11.8. The highest BCUT2D eigenvalue weighted by atomic mass is 32.2. The first kappa shape index (κ1) is 29.1. The molecule has 11 nitrogen and oxygen atoms in total. The number of methoxy groups -OCH3 is 1. The van der Waals surface area contributed by atoms with Crippen LogP contribution in [0.25, 0.3) is 22.2 Å². The van der Waals surface area contributed by atoms with Crippen molar-refractivity contribution in [2.75, 3.05) is 56.9 Å². The molecule has 5 rings (SSSR count). The molecule has 2 aromatic heterocycles. The van der Waals surface area contributed by atoms with Gasteiger partial charge < -0.3 is 25.2 Å². The van der Waals surface area contributed by atoms with Crippen molar-refractivity contribution in [3.05, 3.63) is 67.5 Å². The van der Waals surface area contributed by atoms with E-state index in [1.807, 2.05) is 50.3 Å². The van der Waals surface area contributed by atoms with Gasteiger partial charge in [0.1, 0.15) is 5.75 Å². The number of rotatable bonds is 12. The van der Waals surface area contributed by atoms with Gasteiger partial charge in [0.2, 0.25) is 21.9 Å². The van der Waals surface area contributed by atoms with Crippen LogP contribution in [0.4, 0.5) is 23.0 Å². The van der Waals surface area contributed by atoms with Gasteiger partial charge in [0.15, 0.2) is 0 Å². The molecule has 0 atom stereocenters. The number of carbonyl (C=O) groups is 1. The van der Waals surface area contributed by atoms with Crippen LogP contribution in [0.15, 0.2) is 67.5 Å². The quantitative estimate of drug-likeness (QED) is 0.233. The van der Waals surface area contributed by atoms with Crippen LogP contribution in [0.3, 0.4) is 0 Å². The van der Waals surface area contributed by atoms with Crippen LogP contribution in [0, 0.1) is 0 Å². The van der Waals surface area contributed by atoms with Gasteiger partial charge in [0.05, 0.1) is 40.6 Å². The highest BCUT2D eigenvalue weighted by Crippen LogP contribution is 2.39. The number of amides is 1. The third-order valence-corrected chi connectivity index (χ3v) is 9.30. The smallest absolute Gasteiger partial charge is 0.247 e. The maximum Gasteiger partial charge on any atom is 0.247 e. The minimum atomic E-state index is -3.49. The number of para-hydroxylation sites is 1. The van der Waals surface area contributed by atoms with Crippen molar-refractivity contribution in [3.63, 3.8) is 0 Å². The summed E-state index contributed by atoms with van der Waals surface area (Å²) in [5.74, 6) is 0.464. The van der Waals surface area contributed by atoms with E-state index in [-0.39, 0.29) is 17.1 Å². The van der Waals surface area contributed by atoms with E-state index in [0.29, 0.717) is 46.7 Å². The molecule has 2 aromatic carbocycles. The summed E-state index contributed by atoms with van der Waals surface area (Å²) in [5, 5.41) is 6.54. The van der Waals surface area contributed by atoms with Gasteiger partial charge in [-0.25, -0.2) is 22.4 Å². The Labute approximate surface area is 245 Å². The number of nitrogens with zero attached hydrogens (tertiary/aromatic N) is 5. The number of nitrogens with one attached hydrogen (secondary N) is 2. The highest BCUT2D eigenvalue weighted by Gasteiger charge is 2.38. The summed E-state index contributed by atoms with van der Waals surface area (Å²) in [4.78, 5) is 25.5. The van der Waals surface area contributed by atoms with E-state index in [2.05, 4.69) is 27.1 Å². The molecule has 0 spiro atoms. The van der Waals surface area contributed by atoms with Crippen LogP contribution < -0.4 is 20.3 Å². The molecule has 0 unspecified atom stereocenters. The molecule has 1 aliphatic carbocycles. The molecule has 2 heterocycles. The molecule has 220 valence electrons. The Bertz CT molecular complexity index is 1750. The van der Waals surface area contributed by atoms with E-state index >= 15 is 0 Å². The van der Waals surface area contributed by atoms with Crippen molar-refractivity contribution in [2.24, 2.45) is 0 Å². The van der Waals surface area contributed by atoms with Gasteiger partial charge in [0.25, 0.3) is 0 Å². The van der Waals surface area contributed by atoms with E-state index in [9.17, 15) is 13.2 Å². The molecule has 1 saturated carbocycles. The Morgan fingerprint density at radius 2 is 1.90 bits per heavy atom. The maximum atomic E-state index is 13.2. The van der Waals surface area contributed by atoms with E-state index in [1.165, 1.54) is 10.0 Å². The number of hydrogen-bond donors (Lipinski definition) is 2. The van der Waals surface area contributed by atoms with Crippen molar-refractivity contribution in [2.45, 2.75) is 18.1 Å². The third-order valence-electron chi connectivity index (χ3n) is 7.13. The molecule has 0 radical (unpaired) electrons. The molecular weight excluding hydrogens is 554 g/mol. The number of aromatic nitrogens is 3. The van der Waals surface area contributed by atoms with Crippen LogP contribution in [0.5, 0.6) is 5.75 Å². The summed E-state index contributed by atoms with van der Waals surface area (Å²) in [7, 11) is 4.02. The van der Waals surface area contributed by atoms with Crippen molar-refractivity contribution in [1.82, 2.24) is 18.8 Å². The number of likely N-dealkylation sites (N-methyl/N-ethyl adjacent to an activating group) is 2. The fourth-order valence-corrected chi connectivity index (χ4v) is 6.42. The Morgan fingerprint density at radius 3 is 2.60 bits per heavy atom. The molecule has 2 N–H and O–H groups in total. The number of hydrogen-bond acceptors (Lipinski definition) is 9. The van der Waals surface area contributed by atoms with Crippen LogP contribution in [0.2, 0.25) is 0 Å². The molecule has 1 aliphatic rings. The second-order valence-electron chi connectivity index (χ2n) is 10.5. The number of anilines is 4. The lowest BCUT2D eigenvalue weighted by molar-refractivity contribution is -0.111. The third kappa shape index (κ3) is 5.95. The zero-order valence-electron chi connectivity index (χ0n) is 24.2. The highest BCUT2D eigenvalue weighted by molar-refractivity contribution is 7.91. The average Bonchev–Trinajstić information content (AvgIpc) is 3.77. The van der Waals surface area contributed by atoms with E-state index in [1.54, 1.807) is 37.7 Å². The molecule has 0 bridgehead atoms. The normalized spacial score (nSPS) is 13.3. The van der Waals surface area contributed by atoms with Gasteiger partial charge >= 0.3 is 0 Å². The number of benzene rings is 2. The van der Waals surface area contributed by atoms with Crippen molar-refractivity contribution in [3.8, 4) is 17.0 Å². The molecular formula is C30H35N7O4S. The van der Waals surface area contributed by atoms with Crippen molar-refractivity contribution in [1.29, 1.82) is 0 Å². The van der Waals surface area contributed by atoms with Crippen molar-refractivity contribution >= 4 is 49.8 Å². The van der Waals surface area contributed by atoms with E-state index in [0.717, 1.165) is 24.2 Å². The van der Waals surface area contributed by atoms with Gasteiger partial charge in [-0.1, -0.05) is 24.8 Å². The van der Waals surface area contributed by atoms with Gasteiger partial charge in [-0.3, -0.25) is 4.79 Å². The molecule has 1 fully saturated rings. The Morgan fingerprint density at radius 1 is 1.14 bits per heavy atom. The average molecular weight is 590 g/mol. The zero-order chi connectivity index (χ0) is 30.0. The van der Waals surface area contributed by atoms with Gasteiger partial charge in [-0.15, -0.1) is 0 Å². The van der Waals surface area contributed by atoms with Crippen LogP contribution in [-0.2, 0) is 14.8 Å². The van der Waals surface area contributed by atoms with E-state index in [4.69, 9.17) is 9.72 Å². The fraction of sp³-hybridized carbons (Fsp3) is 0.300. The zero-order valence-corrected chi connectivity index (χ0v) is 25.0. The number of ether oxygens (including phenoxy) is 1. The summed E-state index contributed by atoms with van der Waals surface area (Å²) < 4.78 is 33.4. The first-order chi connectivity index (χ1) is 20.1. The summed E-state index contributed by atoms with van der Waals surface area (Å²) in [6.07, 6.45) is 5.82. The number of carbonyl (C=O) groups excluding carboxylic acids is 1.